The second-order valence-electron chi connectivity index (χ2n) is 4.51. The lowest BCUT2D eigenvalue weighted by Crippen LogP contribution is -2.36. The standard InChI is InChI=1S/C14H15ClN2OS/c1-10-13(11-2-4-12(15)5-3-11)16-14(19-10)17-6-8-18-9-7-17/h2-5H,6-9H2,1H3. The molecule has 0 radical (unpaired) electrons. The maximum Gasteiger partial charge on any atom is 0.186 e. The van der Waals surface area contributed by atoms with Crippen molar-refractivity contribution < 1.29 is 4.74 Å². The lowest BCUT2D eigenvalue weighted by atomic mass is 10.1. The fraction of sp³-hybridized carbons (Fsp3) is 0.357. The SMILES string of the molecule is Cc1sc(N2CCOCC2)nc1-c1ccc(Cl)cc1. The Hall–Kier alpha value is -1.10. The van der Waals surface area contributed by atoms with E-state index in [-0.39, 0.29) is 0 Å². The van der Waals surface area contributed by atoms with E-state index in [0.29, 0.717) is 0 Å². The van der Waals surface area contributed by atoms with Gasteiger partial charge in [0.2, 0.25) is 0 Å². The van der Waals surface area contributed by atoms with Gasteiger partial charge in [-0.3, -0.25) is 0 Å². The van der Waals surface area contributed by atoms with Crippen LogP contribution >= 0.6 is 22.9 Å². The summed E-state index contributed by atoms with van der Waals surface area (Å²) in [7, 11) is 0. The van der Waals surface area contributed by atoms with Gasteiger partial charge < -0.3 is 9.64 Å². The number of morpholine rings is 1. The Morgan fingerprint density at radius 3 is 2.58 bits per heavy atom. The Kier molecular flexibility index (Phi) is 3.73. The van der Waals surface area contributed by atoms with Crippen LogP contribution in [0.5, 0.6) is 0 Å². The van der Waals surface area contributed by atoms with Gasteiger partial charge in [-0.1, -0.05) is 23.7 Å². The van der Waals surface area contributed by atoms with Crippen molar-refractivity contribution in [1.29, 1.82) is 0 Å². The van der Waals surface area contributed by atoms with Crippen molar-refractivity contribution >= 4 is 28.1 Å². The third-order valence-electron chi connectivity index (χ3n) is 3.18. The second-order valence-corrected chi connectivity index (χ2v) is 6.13. The van der Waals surface area contributed by atoms with E-state index in [4.69, 9.17) is 21.3 Å². The van der Waals surface area contributed by atoms with E-state index in [1.165, 1.54) is 4.88 Å². The number of anilines is 1. The number of rotatable bonds is 2. The van der Waals surface area contributed by atoms with E-state index in [1.54, 1.807) is 11.3 Å². The molecule has 3 rings (SSSR count). The van der Waals surface area contributed by atoms with Gasteiger partial charge in [-0.25, -0.2) is 4.98 Å². The van der Waals surface area contributed by atoms with Crippen LogP contribution in [0.2, 0.25) is 5.02 Å². The molecule has 0 spiro atoms. The molecule has 2 heterocycles. The number of hydrogen-bond acceptors (Lipinski definition) is 4. The summed E-state index contributed by atoms with van der Waals surface area (Å²) < 4.78 is 5.38. The summed E-state index contributed by atoms with van der Waals surface area (Å²) in [6.45, 7) is 5.54. The highest BCUT2D eigenvalue weighted by Crippen LogP contribution is 2.33. The Labute approximate surface area is 121 Å². The number of nitrogens with zero attached hydrogens (tertiary/aromatic N) is 2. The zero-order chi connectivity index (χ0) is 13.2. The summed E-state index contributed by atoms with van der Waals surface area (Å²) in [6, 6.07) is 7.86. The van der Waals surface area contributed by atoms with Gasteiger partial charge >= 0.3 is 0 Å². The van der Waals surface area contributed by atoms with Gasteiger partial charge in [0.25, 0.3) is 0 Å². The van der Waals surface area contributed by atoms with E-state index in [0.717, 1.165) is 47.7 Å². The largest absolute Gasteiger partial charge is 0.378 e. The average Bonchev–Trinajstić information content (AvgIpc) is 2.83. The number of ether oxygens (including phenoxy) is 1. The summed E-state index contributed by atoms with van der Waals surface area (Å²) in [5.41, 5.74) is 2.18. The first kappa shape index (κ1) is 12.9. The quantitative estimate of drug-likeness (QED) is 0.846. The monoisotopic (exact) mass is 294 g/mol. The maximum absolute atomic E-state index is 5.93. The molecule has 0 bridgehead atoms. The lowest BCUT2D eigenvalue weighted by Gasteiger charge is -2.26. The van der Waals surface area contributed by atoms with Gasteiger partial charge in [0.05, 0.1) is 18.9 Å². The second kappa shape index (κ2) is 5.49. The van der Waals surface area contributed by atoms with Crippen molar-refractivity contribution in [3.05, 3.63) is 34.2 Å². The molecule has 5 heteroatoms. The number of thiazole rings is 1. The highest BCUT2D eigenvalue weighted by Gasteiger charge is 2.17. The van der Waals surface area contributed by atoms with E-state index in [9.17, 15) is 0 Å². The van der Waals surface area contributed by atoms with Gasteiger partial charge in [0, 0.05) is 28.6 Å². The molecule has 0 N–H and O–H groups in total. The van der Waals surface area contributed by atoms with E-state index in [1.807, 2.05) is 24.3 Å². The molecule has 19 heavy (non-hydrogen) atoms. The normalized spacial score (nSPS) is 15.8. The molecule has 1 fully saturated rings. The molecule has 1 aliphatic heterocycles. The Balaban J connectivity index is 1.90. The summed E-state index contributed by atoms with van der Waals surface area (Å²) in [6.07, 6.45) is 0. The van der Waals surface area contributed by atoms with Crippen molar-refractivity contribution in [3.63, 3.8) is 0 Å². The number of aromatic nitrogens is 1. The Morgan fingerprint density at radius 1 is 1.21 bits per heavy atom. The third kappa shape index (κ3) is 2.76. The summed E-state index contributed by atoms with van der Waals surface area (Å²) in [5.74, 6) is 0. The smallest absolute Gasteiger partial charge is 0.186 e. The minimum Gasteiger partial charge on any atom is -0.378 e. The molecular formula is C14H15ClN2OS. The molecule has 0 saturated carbocycles. The number of benzene rings is 1. The first-order valence-electron chi connectivity index (χ1n) is 6.30. The van der Waals surface area contributed by atoms with Crippen LogP contribution in [-0.4, -0.2) is 31.3 Å². The van der Waals surface area contributed by atoms with Crippen LogP contribution in [-0.2, 0) is 4.74 Å². The van der Waals surface area contributed by atoms with E-state index in [2.05, 4.69) is 11.8 Å². The first-order valence-corrected chi connectivity index (χ1v) is 7.49. The summed E-state index contributed by atoms with van der Waals surface area (Å²) >= 11 is 7.67. The van der Waals surface area contributed by atoms with Crippen LogP contribution in [0.25, 0.3) is 11.3 Å². The Morgan fingerprint density at radius 2 is 1.89 bits per heavy atom. The van der Waals surface area contributed by atoms with Crippen molar-refractivity contribution in [1.82, 2.24) is 4.98 Å². The number of hydrogen-bond donors (Lipinski definition) is 0. The highest BCUT2D eigenvalue weighted by molar-refractivity contribution is 7.16. The lowest BCUT2D eigenvalue weighted by molar-refractivity contribution is 0.122. The fourth-order valence-electron chi connectivity index (χ4n) is 2.15. The maximum atomic E-state index is 5.93. The highest BCUT2D eigenvalue weighted by atomic mass is 35.5. The van der Waals surface area contributed by atoms with Crippen LogP contribution < -0.4 is 4.90 Å². The molecule has 0 unspecified atom stereocenters. The topological polar surface area (TPSA) is 25.4 Å². The number of halogens is 1. The third-order valence-corrected chi connectivity index (χ3v) is 4.47. The molecule has 0 atom stereocenters. The number of aryl methyl sites for hydroxylation is 1. The molecule has 1 aliphatic rings. The van der Waals surface area contributed by atoms with Crippen molar-refractivity contribution in [2.75, 3.05) is 31.2 Å². The molecule has 100 valence electrons. The molecular weight excluding hydrogens is 280 g/mol. The summed E-state index contributed by atoms with van der Waals surface area (Å²) in [4.78, 5) is 8.31. The van der Waals surface area contributed by atoms with Crippen molar-refractivity contribution in [2.24, 2.45) is 0 Å². The Bertz CT molecular complexity index is 561. The van der Waals surface area contributed by atoms with Gasteiger partial charge in [-0.15, -0.1) is 11.3 Å². The van der Waals surface area contributed by atoms with Gasteiger partial charge in [0.1, 0.15) is 0 Å². The minimum absolute atomic E-state index is 0.755. The molecule has 0 aliphatic carbocycles. The average molecular weight is 295 g/mol. The zero-order valence-corrected chi connectivity index (χ0v) is 12.3. The van der Waals surface area contributed by atoms with E-state index >= 15 is 0 Å². The minimum atomic E-state index is 0.755. The molecule has 2 aromatic rings. The summed E-state index contributed by atoms with van der Waals surface area (Å²) in [5, 5.41) is 1.84. The van der Waals surface area contributed by atoms with Crippen LogP contribution in [0, 0.1) is 6.92 Å². The van der Waals surface area contributed by atoms with Crippen LogP contribution in [0.15, 0.2) is 24.3 Å². The van der Waals surface area contributed by atoms with Gasteiger partial charge in [-0.05, 0) is 19.1 Å². The predicted molar refractivity (Wildman–Crippen MR) is 80.3 cm³/mol. The van der Waals surface area contributed by atoms with Crippen LogP contribution in [0.4, 0.5) is 5.13 Å². The van der Waals surface area contributed by atoms with Gasteiger partial charge in [-0.2, -0.15) is 0 Å². The van der Waals surface area contributed by atoms with Crippen LogP contribution in [0.1, 0.15) is 4.88 Å². The molecule has 1 saturated heterocycles. The van der Waals surface area contributed by atoms with Crippen LogP contribution in [0.3, 0.4) is 0 Å². The molecule has 1 aromatic heterocycles. The molecule has 0 amide bonds. The first-order chi connectivity index (χ1) is 9.24. The van der Waals surface area contributed by atoms with Crippen molar-refractivity contribution in [3.8, 4) is 11.3 Å². The molecule has 3 nitrogen and oxygen atoms in total. The molecule has 1 aromatic carbocycles. The zero-order valence-electron chi connectivity index (χ0n) is 10.7. The van der Waals surface area contributed by atoms with Crippen molar-refractivity contribution in [2.45, 2.75) is 6.92 Å². The fourth-order valence-corrected chi connectivity index (χ4v) is 3.26. The van der Waals surface area contributed by atoms with E-state index < -0.39 is 0 Å². The predicted octanol–water partition coefficient (Wildman–Crippen LogP) is 3.61. The van der Waals surface area contributed by atoms with Gasteiger partial charge in [0.15, 0.2) is 5.13 Å².